The van der Waals surface area contributed by atoms with Crippen molar-refractivity contribution < 1.29 is 9.53 Å². The first-order chi connectivity index (χ1) is 9.61. The quantitative estimate of drug-likeness (QED) is 0.453. The summed E-state index contributed by atoms with van der Waals surface area (Å²) in [6, 6.07) is 3.20. The van der Waals surface area contributed by atoms with Gasteiger partial charge in [-0.25, -0.2) is 10.8 Å². The highest BCUT2D eigenvalue weighted by atomic mass is 35.5. The Hall–Kier alpha value is -1.37. The number of halogens is 1. The molecule has 2 rings (SSSR count). The standard InChI is InChI=1S/C13H19ClN4O2/c1-18(6-7-20-8-9-2-3-9)13(19)12-10(14)4-5-11(16-12)17-15/h4-5,9H,2-3,6-8,15H2,1H3,(H,16,17). The summed E-state index contributed by atoms with van der Waals surface area (Å²) >= 11 is 5.99. The number of hydrazine groups is 1. The highest BCUT2D eigenvalue weighted by Gasteiger charge is 2.21. The van der Waals surface area contributed by atoms with Crippen LogP contribution in [0.1, 0.15) is 23.3 Å². The zero-order valence-electron chi connectivity index (χ0n) is 11.4. The minimum Gasteiger partial charge on any atom is -0.379 e. The summed E-state index contributed by atoms with van der Waals surface area (Å²) in [7, 11) is 1.70. The molecule has 0 aromatic carbocycles. The molecule has 1 fully saturated rings. The third-order valence-corrected chi connectivity index (χ3v) is 3.47. The molecular formula is C13H19ClN4O2. The Kier molecular flexibility index (Phi) is 5.17. The Labute approximate surface area is 123 Å². The van der Waals surface area contributed by atoms with Crippen LogP contribution in [0.25, 0.3) is 0 Å². The number of hydrogen-bond acceptors (Lipinski definition) is 5. The number of nitrogens with one attached hydrogen (secondary N) is 1. The van der Waals surface area contributed by atoms with E-state index in [1.165, 1.54) is 12.8 Å². The lowest BCUT2D eigenvalue weighted by Gasteiger charge is -2.17. The fourth-order valence-corrected chi connectivity index (χ4v) is 1.88. The van der Waals surface area contributed by atoms with Gasteiger partial charge in [-0.15, -0.1) is 0 Å². The Morgan fingerprint density at radius 3 is 3.00 bits per heavy atom. The summed E-state index contributed by atoms with van der Waals surface area (Å²) in [5.41, 5.74) is 2.58. The smallest absolute Gasteiger partial charge is 0.273 e. The zero-order chi connectivity index (χ0) is 14.5. The summed E-state index contributed by atoms with van der Waals surface area (Å²) in [6.07, 6.45) is 2.51. The molecule has 110 valence electrons. The van der Waals surface area contributed by atoms with Gasteiger partial charge in [-0.05, 0) is 30.9 Å². The second kappa shape index (κ2) is 6.88. The van der Waals surface area contributed by atoms with Gasteiger partial charge in [0.2, 0.25) is 0 Å². The van der Waals surface area contributed by atoms with Crippen molar-refractivity contribution in [2.24, 2.45) is 11.8 Å². The first kappa shape index (κ1) is 15.0. The third kappa shape index (κ3) is 4.06. The van der Waals surface area contributed by atoms with E-state index in [-0.39, 0.29) is 11.6 Å². The number of hydrogen-bond donors (Lipinski definition) is 2. The highest BCUT2D eigenvalue weighted by molar-refractivity contribution is 6.33. The normalized spacial score (nSPS) is 14.2. The first-order valence-electron chi connectivity index (χ1n) is 6.58. The van der Waals surface area contributed by atoms with E-state index in [1.807, 2.05) is 0 Å². The molecule has 0 unspecified atom stereocenters. The minimum absolute atomic E-state index is 0.187. The van der Waals surface area contributed by atoms with Crippen molar-refractivity contribution in [3.8, 4) is 0 Å². The summed E-state index contributed by atoms with van der Waals surface area (Å²) in [5, 5.41) is 0.305. The number of nitrogens with two attached hydrogens (primary N) is 1. The van der Waals surface area contributed by atoms with Crippen LogP contribution in [0.4, 0.5) is 5.82 Å². The minimum atomic E-state index is -0.248. The SMILES string of the molecule is CN(CCOCC1CC1)C(=O)c1nc(NN)ccc1Cl. The number of ether oxygens (including phenoxy) is 1. The molecule has 3 N–H and O–H groups in total. The molecule has 0 spiro atoms. The molecule has 1 aromatic rings. The first-order valence-corrected chi connectivity index (χ1v) is 6.96. The van der Waals surface area contributed by atoms with Crippen LogP contribution in [0.15, 0.2) is 12.1 Å². The molecule has 7 heteroatoms. The number of anilines is 1. The maximum Gasteiger partial charge on any atom is 0.273 e. The topological polar surface area (TPSA) is 80.5 Å². The van der Waals surface area contributed by atoms with Crippen LogP contribution in [-0.4, -0.2) is 42.6 Å². The molecule has 0 saturated heterocycles. The van der Waals surface area contributed by atoms with E-state index >= 15 is 0 Å². The van der Waals surface area contributed by atoms with Crippen molar-refractivity contribution in [1.29, 1.82) is 0 Å². The monoisotopic (exact) mass is 298 g/mol. The van der Waals surface area contributed by atoms with Gasteiger partial charge in [-0.3, -0.25) is 4.79 Å². The van der Waals surface area contributed by atoms with Crippen LogP contribution in [0.3, 0.4) is 0 Å². The third-order valence-electron chi connectivity index (χ3n) is 3.16. The number of carbonyl (C=O) groups is 1. The Morgan fingerprint density at radius 1 is 1.60 bits per heavy atom. The van der Waals surface area contributed by atoms with Gasteiger partial charge in [0.1, 0.15) is 11.5 Å². The van der Waals surface area contributed by atoms with Gasteiger partial charge in [-0.2, -0.15) is 0 Å². The summed E-state index contributed by atoms with van der Waals surface area (Å²) in [6.45, 7) is 1.81. The van der Waals surface area contributed by atoms with Crippen molar-refractivity contribution in [2.75, 3.05) is 32.2 Å². The number of rotatable bonds is 7. The molecule has 0 aliphatic heterocycles. The lowest BCUT2D eigenvalue weighted by molar-refractivity contribution is 0.0676. The van der Waals surface area contributed by atoms with Crippen LogP contribution in [0, 0.1) is 5.92 Å². The Morgan fingerprint density at radius 2 is 2.35 bits per heavy atom. The van der Waals surface area contributed by atoms with Gasteiger partial charge in [-0.1, -0.05) is 11.6 Å². The molecule has 6 nitrogen and oxygen atoms in total. The van der Waals surface area contributed by atoms with Gasteiger partial charge in [0.05, 0.1) is 11.6 Å². The van der Waals surface area contributed by atoms with E-state index in [0.29, 0.717) is 24.0 Å². The number of amides is 1. The molecule has 0 radical (unpaired) electrons. The number of pyridine rings is 1. The van der Waals surface area contributed by atoms with E-state index in [0.717, 1.165) is 12.5 Å². The van der Waals surface area contributed by atoms with Gasteiger partial charge in [0.15, 0.2) is 0 Å². The molecule has 0 bridgehead atoms. The largest absolute Gasteiger partial charge is 0.379 e. The van der Waals surface area contributed by atoms with Crippen LogP contribution in [0.2, 0.25) is 5.02 Å². The average Bonchev–Trinajstić information content (AvgIpc) is 3.27. The molecule has 1 saturated carbocycles. The summed E-state index contributed by atoms with van der Waals surface area (Å²) in [4.78, 5) is 17.9. The van der Waals surface area contributed by atoms with E-state index < -0.39 is 0 Å². The number of nitrogen functional groups attached to an aromatic ring is 1. The maximum atomic E-state index is 12.2. The van der Waals surface area contributed by atoms with Crippen molar-refractivity contribution in [3.63, 3.8) is 0 Å². The average molecular weight is 299 g/mol. The molecular weight excluding hydrogens is 280 g/mol. The van der Waals surface area contributed by atoms with Crippen molar-refractivity contribution in [3.05, 3.63) is 22.8 Å². The molecule has 0 atom stereocenters. The van der Waals surface area contributed by atoms with Gasteiger partial charge < -0.3 is 15.1 Å². The maximum absolute atomic E-state index is 12.2. The van der Waals surface area contributed by atoms with E-state index in [9.17, 15) is 4.79 Å². The van der Waals surface area contributed by atoms with Crippen molar-refractivity contribution in [1.82, 2.24) is 9.88 Å². The molecule has 20 heavy (non-hydrogen) atoms. The highest BCUT2D eigenvalue weighted by Crippen LogP contribution is 2.28. The number of likely N-dealkylation sites (N-methyl/N-ethyl adjacent to an activating group) is 1. The Balaban J connectivity index is 1.87. The molecule has 1 aromatic heterocycles. The van der Waals surface area contributed by atoms with Crippen LogP contribution in [0.5, 0.6) is 0 Å². The predicted octanol–water partition coefficient (Wildman–Crippen LogP) is 1.52. The molecule has 1 amide bonds. The van der Waals surface area contributed by atoms with E-state index in [1.54, 1.807) is 24.1 Å². The second-order valence-corrected chi connectivity index (χ2v) is 5.32. The number of aromatic nitrogens is 1. The fraction of sp³-hybridized carbons (Fsp3) is 0.538. The fourth-order valence-electron chi connectivity index (χ4n) is 1.69. The van der Waals surface area contributed by atoms with Gasteiger partial charge in [0.25, 0.3) is 5.91 Å². The molecule has 1 heterocycles. The summed E-state index contributed by atoms with van der Waals surface area (Å²) in [5.74, 6) is 6.15. The predicted molar refractivity (Wildman–Crippen MR) is 77.6 cm³/mol. The molecule has 1 aliphatic rings. The summed E-state index contributed by atoms with van der Waals surface area (Å²) < 4.78 is 5.51. The lowest BCUT2D eigenvalue weighted by Crippen LogP contribution is -2.31. The van der Waals surface area contributed by atoms with Gasteiger partial charge in [0, 0.05) is 20.2 Å². The van der Waals surface area contributed by atoms with Crippen LogP contribution < -0.4 is 11.3 Å². The van der Waals surface area contributed by atoms with Gasteiger partial charge >= 0.3 is 0 Å². The van der Waals surface area contributed by atoms with E-state index in [2.05, 4.69) is 10.4 Å². The number of carbonyl (C=O) groups excluding carboxylic acids is 1. The molecule has 1 aliphatic carbocycles. The Bertz CT molecular complexity index is 479. The van der Waals surface area contributed by atoms with E-state index in [4.69, 9.17) is 22.2 Å². The van der Waals surface area contributed by atoms with Crippen LogP contribution >= 0.6 is 11.6 Å². The van der Waals surface area contributed by atoms with Crippen molar-refractivity contribution >= 4 is 23.3 Å². The zero-order valence-corrected chi connectivity index (χ0v) is 12.2. The van der Waals surface area contributed by atoms with Crippen molar-refractivity contribution in [2.45, 2.75) is 12.8 Å². The number of nitrogens with zero attached hydrogens (tertiary/aromatic N) is 2. The lowest BCUT2D eigenvalue weighted by atomic mass is 10.3. The second-order valence-electron chi connectivity index (χ2n) is 4.92. The van der Waals surface area contributed by atoms with Crippen LogP contribution in [-0.2, 0) is 4.74 Å².